The number of carbonyl (C=O) groups is 1. The van der Waals surface area contributed by atoms with Gasteiger partial charge in [-0.3, -0.25) is 10.1 Å². The van der Waals surface area contributed by atoms with Gasteiger partial charge in [0, 0.05) is 17.7 Å². The topological polar surface area (TPSA) is 59.6 Å². The van der Waals surface area contributed by atoms with Gasteiger partial charge in [-0.2, -0.15) is 0 Å². The Morgan fingerprint density at radius 3 is 1.81 bits per heavy atom. The van der Waals surface area contributed by atoms with E-state index in [9.17, 15) is 4.79 Å². The molecule has 4 aromatic carbocycles. The summed E-state index contributed by atoms with van der Waals surface area (Å²) in [6, 6.07) is 35.1. The number of hydrogen-bond donors (Lipinski definition) is 2. The molecule has 0 unspecified atom stereocenters. The molecule has 0 aliphatic carbocycles. The fourth-order valence-electron chi connectivity index (χ4n) is 3.72. The Morgan fingerprint density at radius 2 is 1.19 bits per heavy atom. The molecule has 0 heterocycles. The molecule has 0 aliphatic heterocycles. The molecule has 6 heteroatoms. The quantitative estimate of drug-likeness (QED) is 0.179. The van der Waals surface area contributed by atoms with Gasteiger partial charge in [-0.15, -0.1) is 0 Å². The highest BCUT2D eigenvalue weighted by atomic mass is 32.1. The molecule has 2 N–H and O–H groups in total. The zero-order valence-electron chi connectivity index (χ0n) is 20.6. The monoisotopic (exact) mass is 510 g/mol. The fourth-order valence-corrected chi connectivity index (χ4v) is 3.93. The van der Waals surface area contributed by atoms with Gasteiger partial charge in [-0.25, -0.2) is 0 Å². The Kier molecular flexibility index (Phi) is 9.67. The SMILES string of the molecule is O=C(NC(=S)Nc1ccc(OCCCc2ccccc2)cc1)c1ccc(OCCc2ccccc2)cc1. The minimum Gasteiger partial charge on any atom is -0.494 e. The highest BCUT2D eigenvalue weighted by Gasteiger charge is 2.09. The Morgan fingerprint density at radius 1 is 0.649 bits per heavy atom. The fraction of sp³-hybridized carbons (Fsp3) is 0.161. The molecule has 0 spiro atoms. The number of hydrogen-bond acceptors (Lipinski definition) is 4. The van der Waals surface area contributed by atoms with Crippen molar-refractivity contribution in [1.29, 1.82) is 0 Å². The first-order valence-electron chi connectivity index (χ1n) is 12.3. The van der Waals surface area contributed by atoms with Crippen molar-refractivity contribution < 1.29 is 14.3 Å². The molecule has 4 rings (SSSR count). The molecule has 0 aromatic heterocycles. The maximum Gasteiger partial charge on any atom is 0.257 e. The van der Waals surface area contributed by atoms with Crippen LogP contribution in [0.5, 0.6) is 11.5 Å². The summed E-state index contributed by atoms with van der Waals surface area (Å²) in [6.07, 6.45) is 2.75. The largest absolute Gasteiger partial charge is 0.494 e. The number of thiocarbonyl (C=S) groups is 1. The zero-order chi connectivity index (χ0) is 25.7. The number of carbonyl (C=O) groups excluding carboxylic acids is 1. The van der Waals surface area contributed by atoms with Crippen molar-refractivity contribution in [1.82, 2.24) is 5.32 Å². The van der Waals surface area contributed by atoms with Gasteiger partial charge in [0.2, 0.25) is 0 Å². The molecule has 37 heavy (non-hydrogen) atoms. The van der Waals surface area contributed by atoms with Crippen LogP contribution in [-0.2, 0) is 12.8 Å². The van der Waals surface area contributed by atoms with E-state index in [4.69, 9.17) is 21.7 Å². The lowest BCUT2D eigenvalue weighted by Gasteiger charge is -2.11. The third-order valence-electron chi connectivity index (χ3n) is 5.68. The molecule has 0 atom stereocenters. The maximum absolute atomic E-state index is 12.6. The van der Waals surface area contributed by atoms with Crippen LogP contribution in [-0.4, -0.2) is 24.2 Å². The van der Waals surface area contributed by atoms with Crippen molar-refractivity contribution in [2.45, 2.75) is 19.3 Å². The zero-order valence-corrected chi connectivity index (χ0v) is 21.4. The summed E-state index contributed by atoms with van der Waals surface area (Å²) in [6.45, 7) is 1.22. The van der Waals surface area contributed by atoms with Crippen LogP contribution >= 0.6 is 12.2 Å². The number of anilines is 1. The molecular formula is C31H30N2O3S. The molecule has 5 nitrogen and oxygen atoms in total. The molecule has 0 bridgehead atoms. The van der Waals surface area contributed by atoms with Crippen LogP contribution in [0, 0.1) is 0 Å². The Labute approximate surface area is 223 Å². The summed E-state index contributed by atoms with van der Waals surface area (Å²) >= 11 is 5.31. The molecule has 0 fully saturated rings. The van der Waals surface area contributed by atoms with Gasteiger partial charge in [0.1, 0.15) is 11.5 Å². The Hall–Kier alpha value is -4.16. The van der Waals surface area contributed by atoms with E-state index < -0.39 is 0 Å². The van der Waals surface area contributed by atoms with Gasteiger partial charge >= 0.3 is 0 Å². The van der Waals surface area contributed by atoms with Crippen molar-refractivity contribution in [3.05, 3.63) is 126 Å². The average Bonchev–Trinajstić information content (AvgIpc) is 2.93. The van der Waals surface area contributed by atoms with Gasteiger partial charge in [0.05, 0.1) is 13.2 Å². The summed E-state index contributed by atoms with van der Waals surface area (Å²) in [5.41, 5.74) is 3.80. The molecular weight excluding hydrogens is 480 g/mol. The van der Waals surface area contributed by atoms with Crippen LogP contribution in [0.3, 0.4) is 0 Å². The maximum atomic E-state index is 12.6. The lowest BCUT2D eigenvalue weighted by molar-refractivity contribution is 0.0977. The van der Waals surface area contributed by atoms with Crippen LogP contribution in [0.25, 0.3) is 0 Å². The van der Waals surface area contributed by atoms with Crippen LogP contribution in [0.4, 0.5) is 5.69 Å². The first-order valence-corrected chi connectivity index (χ1v) is 12.7. The minimum atomic E-state index is -0.285. The number of nitrogens with one attached hydrogen (secondary N) is 2. The predicted octanol–water partition coefficient (Wildman–Crippen LogP) is 6.45. The number of amides is 1. The first-order chi connectivity index (χ1) is 18.2. The second-order valence-electron chi connectivity index (χ2n) is 8.48. The molecule has 188 valence electrons. The van der Waals surface area contributed by atoms with Crippen molar-refractivity contribution in [2.24, 2.45) is 0 Å². The number of rotatable bonds is 11. The Bertz CT molecular complexity index is 1260. The standard InChI is InChI=1S/C31H30N2O3S/c34-30(26-13-17-28(18-14-26)36-23-21-25-10-5-2-6-11-25)33-31(37)32-27-15-19-29(20-16-27)35-22-7-12-24-8-3-1-4-9-24/h1-6,8-11,13-20H,7,12,21-23H2,(H2,32,33,34,37). The third-order valence-corrected chi connectivity index (χ3v) is 5.88. The molecule has 1 amide bonds. The van der Waals surface area contributed by atoms with Crippen LogP contribution in [0.15, 0.2) is 109 Å². The van der Waals surface area contributed by atoms with E-state index in [0.717, 1.165) is 36.4 Å². The smallest absolute Gasteiger partial charge is 0.257 e. The van der Waals surface area contributed by atoms with Crippen molar-refractivity contribution in [2.75, 3.05) is 18.5 Å². The van der Waals surface area contributed by atoms with E-state index in [0.29, 0.717) is 18.8 Å². The van der Waals surface area contributed by atoms with Gasteiger partial charge in [-0.1, -0.05) is 60.7 Å². The summed E-state index contributed by atoms with van der Waals surface area (Å²) in [7, 11) is 0. The third kappa shape index (κ3) is 8.78. The second-order valence-corrected chi connectivity index (χ2v) is 8.89. The molecule has 0 aliphatic rings. The second kappa shape index (κ2) is 13.8. The van der Waals surface area contributed by atoms with E-state index in [1.54, 1.807) is 24.3 Å². The van der Waals surface area contributed by atoms with Gasteiger partial charge < -0.3 is 14.8 Å². The highest BCUT2D eigenvalue weighted by molar-refractivity contribution is 7.80. The van der Waals surface area contributed by atoms with E-state index in [1.165, 1.54) is 11.1 Å². The van der Waals surface area contributed by atoms with E-state index in [1.807, 2.05) is 48.5 Å². The lowest BCUT2D eigenvalue weighted by Crippen LogP contribution is -2.34. The van der Waals surface area contributed by atoms with Gasteiger partial charge in [0.15, 0.2) is 5.11 Å². The van der Waals surface area contributed by atoms with Crippen LogP contribution < -0.4 is 20.1 Å². The average molecular weight is 511 g/mol. The van der Waals surface area contributed by atoms with E-state index in [2.05, 4.69) is 47.0 Å². The molecule has 0 radical (unpaired) electrons. The minimum absolute atomic E-state index is 0.227. The van der Waals surface area contributed by atoms with Crippen molar-refractivity contribution in [3.8, 4) is 11.5 Å². The summed E-state index contributed by atoms with van der Waals surface area (Å²) in [4.78, 5) is 12.6. The van der Waals surface area contributed by atoms with Crippen molar-refractivity contribution >= 4 is 28.9 Å². The first kappa shape index (κ1) is 25.9. The predicted molar refractivity (Wildman–Crippen MR) is 152 cm³/mol. The highest BCUT2D eigenvalue weighted by Crippen LogP contribution is 2.17. The van der Waals surface area contributed by atoms with E-state index in [-0.39, 0.29) is 11.0 Å². The van der Waals surface area contributed by atoms with Crippen LogP contribution in [0.1, 0.15) is 27.9 Å². The van der Waals surface area contributed by atoms with E-state index >= 15 is 0 Å². The summed E-state index contributed by atoms with van der Waals surface area (Å²) in [5.74, 6) is 1.22. The molecule has 0 saturated heterocycles. The Balaban J connectivity index is 1.16. The number of aryl methyl sites for hydroxylation is 1. The summed E-state index contributed by atoms with van der Waals surface area (Å²) < 4.78 is 11.6. The van der Waals surface area contributed by atoms with Gasteiger partial charge in [-0.05, 0) is 84.7 Å². The molecule has 4 aromatic rings. The molecule has 0 saturated carbocycles. The van der Waals surface area contributed by atoms with Crippen molar-refractivity contribution in [3.63, 3.8) is 0 Å². The van der Waals surface area contributed by atoms with Crippen LogP contribution in [0.2, 0.25) is 0 Å². The lowest BCUT2D eigenvalue weighted by atomic mass is 10.1. The normalized spacial score (nSPS) is 10.4. The number of ether oxygens (including phenoxy) is 2. The van der Waals surface area contributed by atoms with Gasteiger partial charge in [0.25, 0.3) is 5.91 Å². The summed E-state index contributed by atoms with van der Waals surface area (Å²) in [5, 5.41) is 5.97. The number of benzene rings is 4.